The molecule has 0 bridgehead atoms. The van der Waals surface area contributed by atoms with E-state index in [-0.39, 0.29) is 0 Å². The first-order valence-electron chi connectivity index (χ1n) is 6.72. The third kappa shape index (κ3) is 2.15. The minimum atomic E-state index is 0.799. The molecule has 16 heavy (non-hydrogen) atoms. The molecular weight excluding hydrogens is 194 g/mol. The first kappa shape index (κ1) is 10.3. The lowest BCUT2D eigenvalue weighted by Gasteiger charge is -2.25. The number of hydrogen-bond donors (Lipinski definition) is 1. The number of fused-ring (bicyclic) bond motifs is 1. The zero-order valence-corrected chi connectivity index (χ0v) is 9.91. The molecular formula is C15H21N. The van der Waals surface area contributed by atoms with Crippen molar-refractivity contribution in [1.29, 1.82) is 0 Å². The molecule has 1 fully saturated rings. The summed E-state index contributed by atoms with van der Waals surface area (Å²) in [6.45, 7) is 1.24. The maximum Gasteiger partial charge on any atom is 0.00699 e. The summed E-state index contributed by atoms with van der Waals surface area (Å²) in [5.41, 5.74) is 3.20. The van der Waals surface area contributed by atoms with Gasteiger partial charge in [-0.05, 0) is 55.7 Å². The van der Waals surface area contributed by atoms with E-state index in [1.807, 2.05) is 0 Å². The second-order valence-electron chi connectivity index (χ2n) is 5.43. The SMILES string of the molecule is c1ccc2c(c1)CC(CC1CCCCN1)C2. The highest BCUT2D eigenvalue weighted by Crippen LogP contribution is 2.30. The molecule has 1 aliphatic carbocycles. The van der Waals surface area contributed by atoms with Gasteiger partial charge in [0.2, 0.25) is 0 Å². The van der Waals surface area contributed by atoms with Crippen molar-refractivity contribution in [2.45, 2.75) is 44.6 Å². The maximum atomic E-state index is 3.67. The fraction of sp³-hybridized carbons (Fsp3) is 0.600. The van der Waals surface area contributed by atoms with Gasteiger partial charge in [0, 0.05) is 6.04 Å². The van der Waals surface area contributed by atoms with Crippen LogP contribution in [0.5, 0.6) is 0 Å². The molecule has 0 saturated carbocycles. The maximum absolute atomic E-state index is 3.67. The lowest BCUT2D eigenvalue weighted by atomic mass is 9.92. The molecule has 0 amide bonds. The van der Waals surface area contributed by atoms with Crippen molar-refractivity contribution in [2.24, 2.45) is 5.92 Å². The van der Waals surface area contributed by atoms with E-state index in [4.69, 9.17) is 0 Å². The van der Waals surface area contributed by atoms with Crippen molar-refractivity contribution in [3.8, 4) is 0 Å². The van der Waals surface area contributed by atoms with Gasteiger partial charge in [0.15, 0.2) is 0 Å². The zero-order valence-electron chi connectivity index (χ0n) is 9.91. The van der Waals surface area contributed by atoms with Crippen LogP contribution in [0.25, 0.3) is 0 Å². The van der Waals surface area contributed by atoms with Crippen molar-refractivity contribution >= 4 is 0 Å². The van der Waals surface area contributed by atoms with E-state index in [0.29, 0.717) is 0 Å². The molecule has 1 nitrogen and oxygen atoms in total. The van der Waals surface area contributed by atoms with Crippen LogP contribution >= 0.6 is 0 Å². The van der Waals surface area contributed by atoms with Gasteiger partial charge >= 0.3 is 0 Å². The molecule has 86 valence electrons. The van der Waals surface area contributed by atoms with E-state index < -0.39 is 0 Å². The normalized spacial score (nSPS) is 25.6. The molecule has 1 unspecified atom stereocenters. The van der Waals surface area contributed by atoms with Crippen LogP contribution in [-0.4, -0.2) is 12.6 Å². The summed E-state index contributed by atoms with van der Waals surface area (Å²) in [5.74, 6) is 0.896. The van der Waals surface area contributed by atoms with Gasteiger partial charge in [-0.3, -0.25) is 0 Å². The second kappa shape index (κ2) is 4.58. The minimum absolute atomic E-state index is 0.799. The molecule has 0 aromatic heterocycles. The third-order valence-electron chi connectivity index (χ3n) is 4.17. The van der Waals surface area contributed by atoms with E-state index in [1.165, 1.54) is 45.1 Å². The smallest absolute Gasteiger partial charge is 0.00699 e. The highest BCUT2D eigenvalue weighted by Gasteiger charge is 2.24. The van der Waals surface area contributed by atoms with Gasteiger partial charge in [-0.2, -0.15) is 0 Å². The Balaban J connectivity index is 1.59. The van der Waals surface area contributed by atoms with Gasteiger partial charge in [0.05, 0.1) is 0 Å². The van der Waals surface area contributed by atoms with Crippen LogP contribution in [0.4, 0.5) is 0 Å². The van der Waals surface area contributed by atoms with Crippen molar-refractivity contribution in [3.63, 3.8) is 0 Å². The van der Waals surface area contributed by atoms with Crippen molar-refractivity contribution in [3.05, 3.63) is 35.4 Å². The van der Waals surface area contributed by atoms with Gasteiger partial charge in [-0.15, -0.1) is 0 Å². The summed E-state index contributed by atoms with van der Waals surface area (Å²) >= 11 is 0. The molecule has 0 spiro atoms. The summed E-state index contributed by atoms with van der Waals surface area (Å²) in [4.78, 5) is 0. The van der Waals surface area contributed by atoms with E-state index >= 15 is 0 Å². The quantitative estimate of drug-likeness (QED) is 0.800. The predicted molar refractivity (Wildman–Crippen MR) is 67.6 cm³/mol. The second-order valence-corrected chi connectivity index (χ2v) is 5.43. The lowest BCUT2D eigenvalue weighted by molar-refractivity contribution is 0.332. The molecule has 1 heteroatoms. The Morgan fingerprint density at radius 1 is 1.06 bits per heavy atom. The molecule has 2 aliphatic rings. The summed E-state index contributed by atoms with van der Waals surface area (Å²) in [7, 11) is 0. The summed E-state index contributed by atoms with van der Waals surface area (Å²) < 4.78 is 0. The van der Waals surface area contributed by atoms with E-state index in [9.17, 15) is 0 Å². The third-order valence-corrected chi connectivity index (χ3v) is 4.17. The van der Waals surface area contributed by atoms with Crippen molar-refractivity contribution in [2.75, 3.05) is 6.54 Å². The highest BCUT2D eigenvalue weighted by atomic mass is 14.9. The zero-order chi connectivity index (χ0) is 10.8. The number of piperidine rings is 1. The van der Waals surface area contributed by atoms with Crippen LogP contribution in [0.1, 0.15) is 36.8 Å². The molecule has 1 aromatic rings. The van der Waals surface area contributed by atoms with Crippen LogP contribution in [0.15, 0.2) is 24.3 Å². The molecule has 1 aromatic carbocycles. The highest BCUT2D eigenvalue weighted by molar-refractivity contribution is 5.32. The Labute approximate surface area is 98.3 Å². The van der Waals surface area contributed by atoms with Gasteiger partial charge in [0.1, 0.15) is 0 Å². The molecule has 1 atom stereocenters. The molecule has 1 N–H and O–H groups in total. The molecule has 3 rings (SSSR count). The topological polar surface area (TPSA) is 12.0 Å². The standard InChI is InChI=1S/C15H21N/c1-2-6-14-10-12(9-13(14)5-1)11-15-7-3-4-8-16-15/h1-2,5-6,12,15-16H,3-4,7-11H2. The number of rotatable bonds is 2. The lowest BCUT2D eigenvalue weighted by Crippen LogP contribution is -2.35. The Bertz CT molecular complexity index is 327. The van der Waals surface area contributed by atoms with Crippen LogP contribution in [0.2, 0.25) is 0 Å². The van der Waals surface area contributed by atoms with E-state index in [1.54, 1.807) is 11.1 Å². The minimum Gasteiger partial charge on any atom is -0.314 e. The average molecular weight is 215 g/mol. The Kier molecular flexibility index (Phi) is 2.96. The predicted octanol–water partition coefficient (Wildman–Crippen LogP) is 2.93. The summed E-state index contributed by atoms with van der Waals surface area (Å²) in [6.07, 6.45) is 8.21. The largest absolute Gasteiger partial charge is 0.314 e. The average Bonchev–Trinajstić information content (AvgIpc) is 2.72. The molecule has 1 aliphatic heterocycles. The van der Waals surface area contributed by atoms with Gasteiger partial charge < -0.3 is 5.32 Å². The monoisotopic (exact) mass is 215 g/mol. The van der Waals surface area contributed by atoms with Gasteiger partial charge in [-0.25, -0.2) is 0 Å². The number of hydrogen-bond acceptors (Lipinski definition) is 1. The summed E-state index contributed by atoms with van der Waals surface area (Å²) in [5, 5.41) is 3.67. The molecule has 0 radical (unpaired) electrons. The van der Waals surface area contributed by atoms with Crippen LogP contribution < -0.4 is 5.32 Å². The number of nitrogens with one attached hydrogen (secondary N) is 1. The Hall–Kier alpha value is -0.820. The summed E-state index contributed by atoms with van der Waals surface area (Å²) in [6, 6.07) is 9.78. The Morgan fingerprint density at radius 3 is 2.44 bits per heavy atom. The van der Waals surface area contributed by atoms with Crippen LogP contribution in [0.3, 0.4) is 0 Å². The molecule has 1 heterocycles. The van der Waals surface area contributed by atoms with Gasteiger partial charge in [-0.1, -0.05) is 30.7 Å². The van der Waals surface area contributed by atoms with Crippen LogP contribution in [-0.2, 0) is 12.8 Å². The fourth-order valence-electron chi connectivity index (χ4n) is 3.34. The molecule has 1 saturated heterocycles. The van der Waals surface area contributed by atoms with E-state index in [0.717, 1.165) is 12.0 Å². The van der Waals surface area contributed by atoms with E-state index in [2.05, 4.69) is 29.6 Å². The van der Waals surface area contributed by atoms with Crippen molar-refractivity contribution < 1.29 is 0 Å². The number of benzene rings is 1. The Morgan fingerprint density at radius 2 is 1.81 bits per heavy atom. The fourth-order valence-corrected chi connectivity index (χ4v) is 3.34. The first-order chi connectivity index (χ1) is 7.92. The van der Waals surface area contributed by atoms with Crippen molar-refractivity contribution in [1.82, 2.24) is 5.32 Å². The van der Waals surface area contributed by atoms with Gasteiger partial charge in [0.25, 0.3) is 0 Å². The van der Waals surface area contributed by atoms with Crippen LogP contribution in [0, 0.1) is 5.92 Å². The first-order valence-corrected chi connectivity index (χ1v) is 6.72.